The summed E-state index contributed by atoms with van der Waals surface area (Å²) in [4.78, 5) is 20.7. The van der Waals surface area contributed by atoms with Gasteiger partial charge in [-0.1, -0.05) is 12.8 Å². The van der Waals surface area contributed by atoms with Crippen molar-refractivity contribution < 1.29 is 4.92 Å². The van der Waals surface area contributed by atoms with Gasteiger partial charge in [0.2, 0.25) is 0 Å². The van der Waals surface area contributed by atoms with Gasteiger partial charge in [-0.15, -0.1) is 0 Å². The molecule has 0 saturated carbocycles. The molecule has 2 aliphatic heterocycles. The zero-order valence-electron chi connectivity index (χ0n) is 15.1. The number of fused-ring (bicyclic) bond motifs is 1. The standard InChI is InChI=1S/C20H26N4O2/c25-24(26)20-17-8-5-11-21-18(17)9-10-19(20)23-14-6-7-16(15-23)22-12-3-1-2-4-13-22/h5,8-11,16H,1-4,6-7,12-15H2. The number of aromatic nitrogens is 1. The lowest BCUT2D eigenvalue weighted by Gasteiger charge is -2.40. The molecule has 2 aromatic rings. The Hall–Kier alpha value is -2.21. The minimum atomic E-state index is -0.241. The van der Waals surface area contributed by atoms with Crippen LogP contribution in [0.4, 0.5) is 11.4 Å². The van der Waals surface area contributed by atoms with Crippen LogP contribution in [0.15, 0.2) is 30.5 Å². The van der Waals surface area contributed by atoms with Crippen molar-refractivity contribution in [2.75, 3.05) is 31.1 Å². The van der Waals surface area contributed by atoms with Crippen LogP contribution in [0.2, 0.25) is 0 Å². The predicted octanol–water partition coefficient (Wildman–Crippen LogP) is 3.99. The van der Waals surface area contributed by atoms with E-state index in [2.05, 4.69) is 14.8 Å². The van der Waals surface area contributed by atoms with Gasteiger partial charge in [-0.25, -0.2) is 0 Å². The molecule has 6 nitrogen and oxygen atoms in total. The van der Waals surface area contributed by atoms with Gasteiger partial charge in [0.05, 0.1) is 15.8 Å². The number of likely N-dealkylation sites (tertiary alicyclic amines) is 1. The van der Waals surface area contributed by atoms with Gasteiger partial charge in [0, 0.05) is 25.3 Å². The number of pyridine rings is 1. The molecule has 0 radical (unpaired) electrons. The van der Waals surface area contributed by atoms with Crippen molar-refractivity contribution >= 4 is 22.3 Å². The summed E-state index contributed by atoms with van der Waals surface area (Å²) >= 11 is 0. The molecule has 2 saturated heterocycles. The lowest BCUT2D eigenvalue weighted by Crippen LogP contribution is -2.48. The van der Waals surface area contributed by atoms with Crippen LogP contribution < -0.4 is 4.90 Å². The van der Waals surface area contributed by atoms with Crippen molar-refractivity contribution in [1.29, 1.82) is 0 Å². The first-order valence-corrected chi connectivity index (χ1v) is 9.75. The lowest BCUT2D eigenvalue weighted by atomic mass is 10.0. The Morgan fingerprint density at radius 3 is 2.62 bits per heavy atom. The summed E-state index contributed by atoms with van der Waals surface area (Å²) in [7, 11) is 0. The van der Waals surface area contributed by atoms with Crippen LogP contribution in [0.1, 0.15) is 38.5 Å². The molecule has 0 bridgehead atoms. The molecule has 138 valence electrons. The summed E-state index contributed by atoms with van der Waals surface area (Å²) in [6.45, 7) is 4.11. The number of hydrogen-bond donors (Lipinski definition) is 0. The van der Waals surface area contributed by atoms with Gasteiger partial charge in [0.1, 0.15) is 5.69 Å². The van der Waals surface area contributed by atoms with E-state index in [4.69, 9.17) is 0 Å². The fourth-order valence-electron chi connectivity index (χ4n) is 4.50. The molecule has 1 aromatic carbocycles. The maximum Gasteiger partial charge on any atom is 0.301 e. The Balaban J connectivity index is 1.64. The number of piperidine rings is 1. The fourth-order valence-corrected chi connectivity index (χ4v) is 4.50. The normalized spacial score (nSPS) is 22.3. The van der Waals surface area contributed by atoms with Crippen LogP contribution in [0.5, 0.6) is 0 Å². The fraction of sp³-hybridized carbons (Fsp3) is 0.550. The molecular weight excluding hydrogens is 328 g/mol. The third-order valence-electron chi connectivity index (χ3n) is 5.81. The Morgan fingerprint density at radius 1 is 1.04 bits per heavy atom. The topological polar surface area (TPSA) is 62.5 Å². The van der Waals surface area contributed by atoms with Gasteiger partial charge >= 0.3 is 5.69 Å². The summed E-state index contributed by atoms with van der Waals surface area (Å²) < 4.78 is 0. The first kappa shape index (κ1) is 17.2. The summed E-state index contributed by atoms with van der Waals surface area (Å²) in [6, 6.07) is 7.88. The maximum absolute atomic E-state index is 11.8. The average Bonchev–Trinajstić information content (AvgIpc) is 2.96. The molecule has 0 aliphatic carbocycles. The molecular formula is C20H26N4O2. The highest BCUT2D eigenvalue weighted by Gasteiger charge is 2.30. The van der Waals surface area contributed by atoms with Gasteiger partial charge in [0.25, 0.3) is 0 Å². The number of nitrogens with zero attached hydrogens (tertiary/aromatic N) is 4. The van der Waals surface area contributed by atoms with E-state index >= 15 is 0 Å². The van der Waals surface area contributed by atoms with Crippen molar-refractivity contribution in [2.24, 2.45) is 0 Å². The number of rotatable bonds is 3. The molecule has 2 aliphatic rings. The van der Waals surface area contributed by atoms with Crippen LogP contribution in [0, 0.1) is 10.1 Å². The van der Waals surface area contributed by atoms with Crippen molar-refractivity contribution in [3.8, 4) is 0 Å². The number of nitro groups is 1. The number of nitro benzene ring substituents is 1. The average molecular weight is 354 g/mol. The molecule has 6 heteroatoms. The highest BCUT2D eigenvalue weighted by molar-refractivity contribution is 5.94. The maximum atomic E-state index is 11.8. The molecule has 3 heterocycles. The summed E-state index contributed by atoms with van der Waals surface area (Å²) in [6.07, 6.45) is 9.17. The van der Waals surface area contributed by atoms with Gasteiger partial charge in [-0.05, 0) is 63.0 Å². The van der Waals surface area contributed by atoms with Gasteiger partial charge in [-0.2, -0.15) is 0 Å². The van der Waals surface area contributed by atoms with Gasteiger partial charge in [-0.3, -0.25) is 20.0 Å². The molecule has 0 amide bonds. The third-order valence-corrected chi connectivity index (χ3v) is 5.81. The molecule has 0 N–H and O–H groups in total. The monoisotopic (exact) mass is 354 g/mol. The quantitative estimate of drug-likeness (QED) is 0.616. The highest BCUT2D eigenvalue weighted by Crippen LogP contribution is 2.36. The zero-order valence-corrected chi connectivity index (χ0v) is 15.1. The van der Waals surface area contributed by atoms with Crippen LogP contribution >= 0.6 is 0 Å². The molecule has 0 spiro atoms. The van der Waals surface area contributed by atoms with Crippen molar-refractivity contribution in [1.82, 2.24) is 9.88 Å². The molecule has 4 rings (SSSR count). The van der Waals surface area contributed by atoms with Crippen LogP contribution in [0.25, 0.3) is 10.9 Å². The van der Waals surface area contributed by atoms with E-state index in [1.807, 2.05) is 12.1 Å². The van der Waals surface area contributed by atoms with Crippen LogP contribution in [-0.2, 0) is 0 Å². The van der Waals surface area contributed by atoms with Crippen LogP contribution in [-0.4, -0.2) is 47.0 Å². The van der Waals surface area contributed by atoms with Gasteiger partial charge < -0.3 is 4.90 Å². The zero-order chi connectivity index (χ0) is 17.9. The van der Waals surface area contributed by atoms with E-state index in [1.165, 1.54) is 45.2 Å². The third kappa shape index (κ3) is 3.38. The van der Waals surface area contributed by atoms with Crippen molar-refractivity contribution in [3.05, 3.63) is 40.6 Å². The molecule has 1 atom stereocenters. The summed E-state index contributed by atoms with van der Waals surface area (Å²) in [5.41, 5.74) is 1.63. The molecule has 2 fully saturated rings. The number of benzene rings is 1. The summed E-state index contributed by atoms with van der Waals surface area (Å²) in [5.74, 6) is 0. The lowest BCUT2D eigenvalue weighted by molar-refractivity contribution is -0.382. The Morgan fingerprint density at radius 2 is 1.85 bits per heavy atom. The largest absolute Gasteiger partial charge is 0.364 e. The second kappa shape index (κ2) is 7.58. The van der Waals surface area contributed by atoms with E-state index in [0.29, 0.717) is 16.9 Å². The van der Waals surface area contributed by atoms with Crippen molar-refractivity contribution in [3.63, 3.8) is 0 Å². The SMILES string of the molecule is O=[N+]([O-])c1c(N2CCCC(N3CCCCCC3)C2)ccc2ncccc12. The number of anilines is 1. The Kier molecular flexibility index (Phi) is 5.02. The van der Waals surface area contributed by atoms with E-state index in [0.717, 1.165) is 25.2 Å². The minimum Gasteiger partial charge on any atom is -0.364 e. The second-order valence-electron chi connectivity index (χ2n) is 7.45. The highest BCUT2D eigenvalue weighted by atomic mass is 16.6. The minimum absolute atomic E-state index is 0.201. The first-order chi connectivity index (χ1) is 12.7. The van der Waals surface area contributed by atoms with Gasteiger partial charge in [0.15, 0.2) is 0 Å². The van der Waals surface area contributed by atoms with E-state index in [1.54, 1.807) is 18.3 Å². The van der Waals surface area contributed by atoms with E-state index in [-0.39, 0.29) is 10.6 Å². The predicted molar refractivity (Wildman–Crippen MR) is 104 cm³/mol. The van der Waals surface area contributed by atoms with Crippen molar-refractivity contribution in [2.45, 2.75) is 44.6 Å². The molecule has 26 heavy (non-hydrogen) atoms. The number of hydrogen-bond acceptors (Lipinski definition) is 5. The second-order valence-corrected chi connectivity index (χ2v) is 7.45. The summed E-state index contributed by atoms with van der Waals surface area (Å²) in [5, 5.41) is 12.5. The smallest absolute Gasteiger partial charge is 0.301 e. The Labute approximate surface area is 154 Å². The van der Waals surface area contributed by atoms with E-state index in [9.17, 15) is 10.1 Å². The molecule has 1 aromatic heterocycles. The van der Waals surface area contributed by atoms with E-state index < -0.39 is 0 Å². The van der Waals surface area contributed by atoms with Crippen LogP contribution in [0.3, 0.4) is 0 Å². The first-order valence-electron chi connectivity index (χ1n) is 9.75. The molecule has 1 unspecified atom stereocenters. The Bertz CT molecular complexity index is 786.